The van der Waals surface area contributed by atoms with Crippen LogP contribution in [0.3, 0.4) is 0 Å². The second-order valence-corrected chi connectivity index (χ2v) is 8.42. The van der Waals surface area contributed by atoms with Crippen molar-refractivity contribution >= 4 is 22.7 Å². The van der Waals surface area contributed by atoms with Crippen molar-refractivity contribution in [3.05, 3.63) is 57.5 Å². The number of aromatic nitrogens is 3. The first-order valence-electron chi connectivity index (χ1n) is 10.5. The van der Waals surface area contributed by atoms with Gasteiger partial charge in [0.25, 0.3) is 5.56 Å². The molecular formula is C23H24N6O. The summed E-state index contributed by atoms with van der Waals surface area (Å²) in [6, 6.07) is 10.0. The number of rotatable bonds is 3. The molecular weight excluding hydrogens is 376 g/mol. The average Bonchev–Trinajstić information content (AvgIpc) is 3.19. The number of benzene rings is 1. The predicted molar refractivity (Wildman–Crippen MR) is 116 cm³/mol. The highest BCUT2D eigenvalue weighted by molar-refractivity contribution is 5.77. The van der Waals surface area contributed by atoms with Crippen LogP contribution in [0.15, 0.2) is 35.3 Å². The third-order valence-electron chi connectivity index (χ3n) is 6.27. The third-order valence-corrected chi connectivity index (χ3v) is 6.27. The van der Waals surface area contributed by atoms with Crippen LogP contribution in [-0.2, 0) is 13.0 Å². The summed E-state index contributed by atoms with van der Waals surface area (Å²) >= 11 is 0. The zero-order valence-electron chi connectivity index (χ0n) is 17.0. The van der Waals surface area contributed by atoms with Crippen LogP contribution < -0.4 is 16.2 Å². The molecule has 152 valence electrons. The van der Waals surface area contributed by atoms with Gasteiger partial charge in [-0.25, -0.2) is 4.98 Å². The summed E-state index contributed by atoms with van der Waals surface area (Å²) in [6.45, 7) is 4.08. The van der Waals surface area contributed by atoms with Crippen LogP contribution in [0.1, 0.15) is 48.9 Å². The van der Waals surface area contributed by atoms with Crippen LogP contribution in [0.2, 0.25) is 0 Å². The Kier molecular flexibility index (Phi) is 4.72. The van der Waals surface area contributed by atoms with Gasteiger partial charge in [-0.1, -0.05) is 13.0 Å². The molecule has 7 heteroatoms. The SMILES string of the molecule is CC1CCC(n2c(=O)c(C#N)cc3cnc(Nc4ccc5c(c4)CCNC5)nc32)C1. The topological polar surface area (TPSA) is 95.6 Å². The first kappa shape index (κ1) is 18.8. The molecule has 3 aromatic rings. The molecule has 30 heavy (non-hydrogen) atoms. The summed E-state index contributed by atoms with van der Waals surface area (Å²) < 4.78 is 1.72. The van der Waals surface area contributed by atoms with Crippen molar-refractivity contribution in [2.24, 2.45) is 5.92 Å². The minimum absolute atomic E-state index is 0.0716. The van der Waals surface area contributed by atoms with E-state index >= 15 is 0 Å². The van der Waals surface area contributed by atoms with Crippen molar-refractivity contribution in [2.45, 2.75) is 45.2 Å². The second-order valence-electron chi connectivity index (χ2n) is 8.42. The van der Waals surface area contributed by atoms with Crippen molar-refractivity contribution in [1.82, 2.24) is 19.9 Å². The monoisotopic (exact) mass is 400 g/mol. The Labute approximate surface area is 174 Å². The number of pyridine rings is 1. The number of nitriles is 1. The molecule has 2 atom stereocenters. The first-order valence-corrected chi connectivity index (χ1v) is 10.5. The lowest BCUT2D eigenvalue weighted by molar-refractivity contribution is 0.491. The summed E-state index contributed by atoms with van der Waals surface area (Å²) in [7, 11) is 0. The Morgan fingerprint density at radius 1 is 1.27 bits per heavy atom. The summed E-state index contributed by atoms with van der Waals surface area (Å²) in [5.41, 5.74) is 4.07. The molecule has 0 saturated heterocycles. The molecule has 5 rings (SSSR count). The van der Waals surface area contributed by atoms with E-state index in [0.717, 1.165) is 44.5 Å². The van der Waals surface area contributed by atoms with E-state index in [1.54, 1.807) is 16.8 Å². The summed E-state index contributed by atoms with van der Waals surface area (Å²) in [5.74, 6) is 1.02. The highest BCUT2D eigenvalue weighted by Gasteiger charge is 2.26. The molecule has 1 saturated carbocycles. The van der Waals surface area contributed by atoms with Crippen LogP contribution >= 0.6 is 0 Å². The number of hydrogen-bond acceptors (Lipinski definition) is 6. The van der Waals surface area contributed by atoms with Gasteiger partial charge in [0, 0.05) is 29.9 Å². The quantitative estimate of drug-likeness (QED) is 0.699. The van der Waals surface area contributed by atoms with E-state index in [1.807, 2.05) is 12.1 Å². The smallest absolute Gasteiger partial charge is 0.270 e. The fourth-order valence-electron chi connectivity index (χ4n) is 4.69. The molecule has 2 aromatic heterocycles. The highest BCUT2D eigenvalue weighted by atomic mass is 16.1. The molecule has 0 spiro atoms. The zero-order chi connectivity index (χ0) is 20.7. The minimum atomic E-state index is -0.255. The zero-order valence-corrected chi connectivity index (χ0v) is 17.0. The van der Waals surface area contributed by atoms with Gasteiger partial charge < -0.3 is 10.6 Å². The van der Waals surface area contributed by atoms with Gasteiger partial charge in [-0.05, 0) is 67.5 Å². The van der Waals surface area contributed by atoms with Crippen molar-refractivity contribution in [1.29, 1.82) is 5.26 Å². The fraction of sp³-hybridized carbons (Fsp3) is 0.391. The molecule has 0 amide bonds. The molecule has 2 aliphatic rings. The number of hydrogen-bond donors (Lipinski definition) is 2. The molecule has 1 aliphatic heterocycles. The predicted octanol–water partition coefficient (Wildman–Crippen LogP) is 3.41. The lowest BCUT2D eigenvalue weighted by Gasteiger charge is -2.19. The van der Waals surface area contributed by atoms with Crippen LogP contribution in [-0.4, -0.2) is 21.1 Å². The Bertz CT molecular complexity index is 1220. The Hall–Kier alpha value is -3.24. The van der Waals surface area contributed by atoms with E-state index < -0.39 is 0 Å². The van der Waals surface area contributed by atoms with E-state index in [2.05, 4.69) is 34.7 Å². The molecule has 3 heterocycles. The molecule has 0 radical (unpaired) electrons. The maximum absolute atomic E-state index is 13.0. The number of anilines is 2. The van der Waals surface area contributed by atoms with E-state index in [0.29, 0.717) is 22.9 Å². The Morgan fingerprint density at radius 2 is 2.17 bits per heavy atom. The van der Waals surface area contributed by atoms with Gasteiger partial charge in [-0.2, -0.15) is 10.2 Å². The van der Waals surface area contributed by atoms with Crippen LogP contribution in [0.5, 0.6) is 0 Å². The molecule has 1 fully saturated rings. The lowest BCUT2D eigenvalue weighted by atomic mass is 10.0. The van der Waals surface area contributed by atoms with Gasteiger partial charge in [-0.15, -0.1) is 0 Å². The summed E-state index contributed by atoms with van der Waals surface area (Å²) in [6.07, 6.45) is 5.63. The van der Waals surface area contributed by atoms with Crippen molar-refractivity contribution in [3.63, 3.8) is 0 Å². The van der Waals surface area contributed by atoms with Gasteiger partial charge in [0.15, 0.2) is 0 Å². The van der Waals surface area contributed by atoms with Crippen LogP contribution in [0.25, 0.3) is 11.0 Å². The molecule has 1 aromatic carbocycles. The van der Waals surface area contributed by atoms with Gasteiger partial charge in [0.1, 0.15) is 17.3 Å². The maximum atomic E-state index is 13.0. The van der Waals surface area contributed by atoms with Crippen molar-refractivity contribution in [3.8, 4) is 6.07 Å². The highest BCUT2D eigenvalue weighted by Crippen LogP contribution is 2.35. The minimum Gasteiger partial charge on any atom is -0.324 e. The average molecular weight is 400 g/mol. The molecule has 1 aliphatic carbocycles. The van der Waals surface area contributed by atoms with Gasteiger partial charge in [0.2, 0.25) is 5.95 Å². The largest absolute Gasteiger partial charge is 0.324 e. The fourth-order valence-corrected chi connectivity index (χ4v) is 4.69. The second kappa shape index (κ2) is 7.54. The molecule has 2 N–H and O–H groups in total. The van der Waals surface area contributed by atoms with Gasteiger partial charge in [0.05, 0.1) is 0 Å². The van der Waals surface area contributed by atoms with E-state index in [4.69, 9.17) is 4.98 Å². The standard InChI is InChI=1S/C23H24N6O/c1-14-2-5-20(8-14)29-21-18(9-17(11-24)22(29)30)13-26-23(28-21)27-19-4-3-16-12-25-7-6-15(16)10-19/h3-4,9-10,13-14,20,25H,2,5-8,12H2,1H3,(H,26,27,28). The molecule has 2 unspecified atom stereocenters. The summed E-state index contributed by atoms with van der Waals surface area (Å²) in [5, 5.41) is 16.8. The molecule has 0 bridgehead atoms. The number of nitrogens with one attached hydrogen (secondary N) is 2. The Morgan fingerprint density at radius 3 is 2.97 bits per heavy atom. The Balaban J connectivity index is 1.56. The van der Waals surface area contributed by atoms with Crippen LogP contribution in [0, 0.1) is 17.2 Å². The normalized spacial score (nSPS) is 20.7. The van der Waals surface area contributed by atoms with Crippen molar-refractivity contribution < 1.29 is 0 Å². The van der Waals surface area contributed by atoms with E-state index in [9.17, 15) is 10.1 Å². The van der Waals surface area contributed by atoms with Gasteiger partial charge in [-0.3, -0.25) is 9.36 Å². The van der Waals surface area contributed by atoms with Gasteiger partial charge >= 0.3 is 0 Å². The van der Waals surface area contributed by atoms with E-state index in [-0.39, 0.29) is 17.2 Å². The molecule has 7 nitrogen and oxygen atoms in total. The van der Waals surface area contributed by atoms with Crippen molar-refractivity contribution in [2.75, 3.05) is 11.9 Å². The third kappa shape index (κ3) is 3.33. The van der Waals surface area contributed by atoms with Crippen LogP contribution in [0.4, 0.5) is 11.6 Å². The lowest BCUT2D eigenvalue weighted by Crippen LogP contribution is -2.27. The first-order chi connectivity index (χ1) is 14.6. The number of nitrogens with zero attached hydrogens (tertiary/aromatic N) is 4. The summed E-state index contributed by atoms with van der Waals surface area (Å²) in [4.78, 5) is 22.1. The maximum Gasteiger partial charge on any atom is 0.270 e. The van der Waals surface area contributed by atoms with E-state index in [1.165, 1.54) is 11.1 Å². The number of fused-ring (bicyclic) bond motifs is 2.